The van der Waals surface area contributed by atoms with Crippen LogP contribution in [0.4, 0.5) is 5.69 Å². The molecule has 0 aliphatic rings. The van der Waals surface area contributed by atoms with Crippen molar-refractivity contribution in [2.45, 2.75) is 4.90 Å². The van der Waals surface area contributed by atoms with E-state index < -0.39 is 15.9 Å². The average molecular weight is 301 g/mol. The van der Waals surface area contributed by atoms with Crippen LogP contribution in [-0.2, 0) is 10.0 Å². The highest BCUT2D eigenvalue weighted by molar-refractivity contribution is 7.89. The molecule has 0 unspecified atom stereocenters. The van der Waals surface area contributed by atoms with E-state index in [0.29, 0.717) is 5.69 Å². The number of amides is 1. The maximum atomic E-state index is 11.7. The second-order valence-electron chi connectivity index (χ2n) is 3.63. The Labute approximate surface area is 114 Å². The zero-order chi connectivity index (χ0) is 14.0. The van der Waals surface area contributed by atoms with Crippen molar-refractivity contribution < 1.29 is 17.6 Å². The lowest BCUT2D eigenvalue weighted by Gasteiger charge is -2.04. The zero-order valence-electron chi connectivity index (χ0n) is 9.46. The number of furan rings is 1. The summed E-state index contributed by atoms with van der Waals surface area (Å²) >= 11 is 5.55. The first kappa shape index (κ1) is 13.6. The van der Waals surface area contributed by atoms with E-state index in [1.54, 1.807) is 0 Å². The van der Waals surface area contributed by atoms with Gasteiger partial charge in [0.15, 0.2) is 11.0 Å². The molecular weight excluding hydrogens is 292 g/mol. The highest BCUT2D eigenvalue weighted by atomic mass is 35.5. The van der Waals surface area contributed by atoms with Crippen LogP contribution in [0.3, 0.4) is 0 Å². The van der Waals surface area contributed by atoms with Crippen molar-refractivity contribution in [3.63, 3.8) is 0 Å². The van der Waals surface area contributed by atoms with Gasteiger partial charge in [-0.25, -0.2) is 13.6 Å². The van der Waals surface area contributed by atoms with Crippen molar-refractivity contribution in [2.75, 3.05) is 5.32 Å². The number of primary sulfonamides is 1. The number of nitrogens with two attached hydrogens (primary N) is 1. The van der Waals surface area contributed by atoms with Gasteiger partial charge >= 0.3 is 0 Å². The van der Waals surface area contributed by atoms with Gasteiger partial charge in [0, 0.05) is 5.69 Å². The summed E-state index contributed by atoms with van der Waals surface area (Å²) in [5.41, 5.74) is 0.407. The van der Waals surface area contributed by atoms with Gasteiger partial charge in [0.05, 0.1) is 4.90 Å². The molecule has 1 heterocycles. The number of benzene rings is 1. The lowest BCUT2D eigenvalue weighted by Crippen LogP contribution is -2.13. The largest absolute Gasteiger partial charge is 0.440 e. The fourth-order valence-corrected chi connectivity index (χ4v) is 2.02. The van der Waals surface area contributed by atoms with Crippen LogP contribution < -0.4 is 10.5 Å². The van der Waals surface area contributed by atoms with Gasteiger partial charge in [-0.1, -0.05) is 0 Å². The zero-order valence-corrected chi connectivity index (χ0v) is 11.0. The lowest BCUT2D eigenvalue weighted by atomic mass is 10.3. The van der Waals surface area contributed by atoms with Crippen molar-refractivity contribution in [3.05, 3.63) is 47.4 Å². The van der Waals surface area contributed by atoms with E-state index in [4.69, 9.17) is 21.2 Å². The van der Waals surface area contributed by atoms with E-state index in [-0.39, 0.29) is 15.9 Å². The second-order valence-corrected chi connectivity index (χ2v) is 5.56. The van der Waals surface area contributed by atoms with Crippen molar-refractivity contribution in [1.29, 1.82) is 0 Å². The molecule has 0 aliphatic carbocycles. The normalized spacial score (nSPS) is 11.3. The predicted octanol–water partition coefficient (Wildman–Crippen LogP) is 1.83. The Morgan fingerprint density at radius 1 is 1.16 bits per heavy atom. The van der Waals surface area contributed by atoms with E-state index in [2.05, 4.69) is 5.32 Å². The Balaban J connectivity index is 2.14. The molecule has 0 fully saturated rings. The van der Waals surface area contributed by atoms with E-state index in [0.717, 1.165) is 0 Å². The highest BCUT2D eigenvalue weighted by Gasteiger charge is 2.12. The number of hydrogen-bond donors (Lipinski definition) is 2. The fourth-order valence-electron chi connectivity index (χ4n) is 1.36. The maximum Gasteiger partial charge on any atom is 0.291 e. The van der Waals surface area contributed by atoms with Crippen LogP contribution in [-0.4, -0.2) is 14.3 Å². The molecule has 0 radical (unpaired) electrons. The predicted molar refractivity (Wildman–Crippen MR) is 69.5 cm³/mol. The van der Waals surface area contributed by atoms with Crippen LogP contribution in [0.2, 0.25) is 5.22 Å². The molecule has 0 bridgehead atoms. The van der Waals surface area contributed by atoms with Crippen LogP contribution in [0.5, 0.6) is 0 Å². The minimum atomic E-state index is -3.75. The lowest BCUT2D eigenvalue weighted by molar-refractivity contribution is 0.0997. The first-order valence-electron chi connectivity index (χ1n) is 5.06. The Hall–Kier alpha value is -1.83. The van der Waals surface area contributed by atoms with Crippen LogP contribution in [0.1, 0.15) is 10.6 Å². The monoisotopic (exact) mass is 300 g/mol. The summed E-state index contributed by atoms with van der Waals surface area (Å²) in [6, 6.07) is 8.29. The Morgan fingerprint density at radius 3 is 2.26 bits per heavy atom. The third kappa shape index (κ3) is 3.34. The van der Waals surface area contributed by atoms with Crippen molar-refractivity contribution in [1.82, 2.24) is 0 Å². The Kier molecular flexibility index (Phi) is 3.61. The number of rotatable bonds is 3. The molecule has 8 heteroatoms. The maximum absolute atomic E-state index is 11.7. The number of carbonyl (C=O) groups is 1. The molecule has 19 heavy (non-hydrogen) atoms. The first-order chi connectivity index (χ1) is 8.86. The Bertz CT molecular complexity index is 707. The van der Waals surface area contributed by atoms with Gasteiger partial charge in [0.1, 0.15) is 0 Å². The molecule has 1 amide bonds. The van der Waals surface area contributed by atoms with Crippen molar-refractivity contribution >= 4 is 33.2 Å². The fraction of sp³-hybridized carbons (Fsp3) is 0. The summed E-state index contributed by atoms with van der Waals surface area (Å²) in [6.45, 7) is 0. The number of nitrogens with one attached hydrogen (secondary N) is 1. The molecule has 1 aromatic carbocycles. The molecule has 0 spiro atoms. The summed E-state index contributed by atoms with van der Waals surface area (Å²) in [5, 5.41) is 7.59. The smallest absolute Gasteiger partial charge is 0.291 e. The van der Waals surface area contributed by atoms with E-state index >= 15 is 0 Å². The van der Waals surface area contributed by atoms with Gasteiger partial charge < -0.3 is 9.73 Å². The summed E-state index contributed by atoms with van der Waals surface area (Å²) < 4.78 is 27.0. The quantitative estimate of drug-likeness (QED) is 0.902. The number of carbonyl (C=O) groups excluding carboxylic acids is 1. The average Bonchev–Trinajstić information content (AvgIpc) is 2.75. The molecule has 2 rings (SSSR count). The second kappa shape index (κ2) is 5.04. The SMILES string of the molecule is NS(=O)(=O)c1ccc(NC(=O)c2ccc(Cl)o2)cc1. The molecule has 2 aromatic rings. The van der Waals surface area contributed by atoms with E-state index in [1.165, 1.54) is 36.4 Å². The standard InChI is InChI=1S/C11H9ClN2O4S/c12-10-6-5-9(18-10)11(15)14-7-1-3-8(4-2-7)19(13,16)17/h1-6H,(H,14,15)(H2,13,16,17). The van der Waals surface area contributed by atoms with Crippen molar-refractivity contribution in [3.8, 4) is 0 Å². The third-order valence-corrected chi connectivity index (χ3v) is 3.37. The van der Waals surface area contributed by atoms with Gasteiger partial charge in [-0.3, -0.25) is 4.79 Å². The van der Waals surface area contributed by atoms with Crippen LogP contribution >= 0.6 is 11.6 Å². The summed E-state index contributed by atoms with van der Waals surface area (Å²) in [6.07, 6.45) is 0. The number of sulfonamides is 1. The first-order valence-corrected chi connectivity index (χ1v) is 6.98. The minimum absolute atomic E-state index is 0.0356. The van der Waals surface area contributed by atoms with Crippen LogP contribution in [0.15, 0.2) is 45.7 Å². The number of halogens is 1. The highest BCUT2D eigenvalue weighted by Crippen LogP contribution is 2.16. The summed E-state index contributed by atoms with van der Waals surface area (Å²) in [7, 11) is -3.75. The molecule has 0 atom stereocenters. The van der Waals surface area contributed by atoms with E-state index in [9.17, 15) is 13.2 Å². The molecule has 100 valence electrons. The van der Waals surface area contributed by atoms with Crippen LogP contribution in [0.25, 0.3) is 0 Å². The number of hydrogen-bond acceptors (Lipinski definition) is 4. The molecule has 0 saturated carbocycles. The van der Waals surface area contributed by atoms with Gasteiger partial charge in [-0.2, -0.15) is 0 Å². The molecule has 0 aliphatic heterocycles. The van der Waals surface area contributed by atoms with Gasteiger partial charge in [-0.15, -0.1) is 0 Å². The van der Waals surface area contributed by atoms with Gasteiger partial charge in [0.25, 0.3) is 5.91 Å². The number of anilines is 1. The summed E-state index contributed by atoms with van der Waals surface area (Å²) in [4.78, 5) is 11.7. The van der Waals surface area contributed by atoms with Gasteiger partial charge in [0.2, 0.25) is 10.0 Å². The minimum Gasteiger partial charge on any atom is -0.440 e. The third-order valence-electron chi connectivity index (χ3n) is 2.24. The molecule has 3 N–H and O–H groups in total. The molecule has 1 aromatic heterocycles. The van der Waals surface area contributed by atoms with Crippen molar-refractivity contribution in [2.24, 2.45) is 5.14 Å². The molecular formula is C11H9ClN2O4S. The Morgan fingerprint density at radius 2 is 1.79 bits per heavy atom. The molecule has 6 nitrogen and oxygen atoms in total. The van der Waals surface area contributed by atoms with Crippen LogP contribution in [0, 0.1) is 0 Å². The topological polar surface area (TPSA) is 102 Å². The summed E-state index contributed by atoms with van der Waals surface area (Å²) in [5.74, 6) is -0.434. The van der Waals surface area contributed by atoms with E-state index in [1.807, 2.05) is 0 Å². The molecule has 0 saturated heterocycles. The van der Waals surface area contributed by atoms with Gasteiger partial charge in [-0.05, 0) is 48.0 Å².